The van der Waals surface area contributed by atoms with Crippen LogP contribution in [0.25, 0.3) is 0 Å². The van der Waals surface area contributed by atoms with Gasteiger partial charge in [0.25, 0.3) is 5.91 Å². The van der Waals surface area contributed by atoms with Crippen LogP contribution in [0.1, 0.15) is 51.1 Å². The number of rotatable bonds is 6. The van der Waals surface area contributed by atoms with E-state index in [1.54, 1.807) is 4.90 Å². The zero-order chi connectivity index (χ0) is 19.4. The number of morpholine rings is 1. The van der Waals surface area contributed by atoms with Gasteiger partial charge in [0.05, 0.1) is 12.6 Å². The summed E-state index contributed by atoms with van der Waals surface area (Å²) in [5, 5.41) is 12.8. The van der Waals surface area contributed by atoms with Gasteiger partial charge in [0.1, 0.15) is 6.61 Å². The fourth-order valence-corrected chi connectivity index (χ4v) is 4.33. The van der Waals surface area contributed by atoms with E-state index >= 15 is 0 Å². The molecule has 1 aliphatic heterocycles. The number of benzene rings is 1. The lowest BCUT2D eigenvalue weighted by molar-refractivity contribution is -0.167. The Hall–Kier alpha value is -1.92. The molecule has 1 aliphatic carbocycles. The molecule has 2 N–H and O–H groups in total. The van der Waals surface area contributed by atoms with Gasteiger partial charge in [0.15, 0.2) is 6.10 Å². The normalized spacial score (nSPS) is 25.0. The third-order valence-electron chi connectivity index (χ3n) is 5.85. The standard InChI is InChI=1S/C21H30N2O4/c1-15(2)23-17(25)12-27-19(18(23)16-8-4-3-5-9-16)20(26)22-13-21(14-24)10-6-7-11-21/h3-5,8-9,15,18-19,24H,6-7,10-14H2,1-2H3,(H,22,26)/t18-,19+/m1/s1. The average Bonchev–Trinajstić information content (AvgIpc) is 3.15. The van der Waals surface area contributed by atoms with Crippen molar-refractivity contribution in [1.29, 1.82) is 0 Å². The fourth-order valence-electron chi connectivity index (χ4n) is 4.33. The molecule has 0 bridgehead atoms. The van der Waals surface area contributed by atoms with Crippen LogP contribution in [0.5, 0.6) is 0 Å². The van der Waals surface area contributed by atoms with Crippen LogP contribution in [-0.4, -0.2) is 53.7 Å². The molecule has 1 heterocycles. The first kappa shape index (κ1) is 19.8. The lowest BCUT2D eigenvalue weighted by Gasteiger charge is -2.43. The smallest absolute Gasteiger partial charge is 0.251 e. The van der Waals surface area contributed by atoms with E-state index in [0.29, 0.717) is 6.54 Å². The number of ether oxygens (including phenoxy) is 1. The Bertz CT molecular complexity index is 655. The second-order valence-corrected chi connectivity index (χ2v) is 8.06. The Labute approximate surface area is 160 Å². The maximum atomic E-state index is 13.0. The molecule has 2 amide bonds. The maximum absolute atomic E-state index is 13.0. The molecular formula is C21H30N2O4. The number of amides is 2. The highest BCUT2D eigenvalue weighted by Crippen LogP contribution is 2.37. The molecule has 1 aromatic carbocycles. The third-order valence-corrected chi connectivity index (χ3v) is 5.85. The van der Waals surface area contributed by atoms with E-state index in [2.05, 4.69) is 5.32 Å². The Morgan fingerprint density at radius 3 is 2.56 bits per heavy atom. The highest BCUT2D eigenvalue weighted by Gasteiger charge is 2.43. The van der Waals surface area contributed by atoms with Crippen molar-refractivity contribution in [2.75, 3.05) is 19.8 Å². The van der Waals surface area contributed by atoms with Crippen LogP contribution in [-0.2, 0) is 14.3 Å². The van der Waals surface area contributed by atoms with Crippen molar-refractivity contribution in [3.05, 3.63) is 35.9 Å². The lowest BCUT2D eigenvalue weighted by atomic mass is 9.87. The Morgan fingerprint density at radius 2 is 1.96 bits per heavy atom. The lowest BCUT2D eigenvalue weighted by Crippen LogP contribution is -2.57. The summed E-state index contributed by atoms with van der Waals surface area (Å²) in [4.78, 5) is 27.3. The molecule has 0 radical (unpaired) electrons. The average molecular weight is 374 g/mol. The van der Waals surface area contributed by atoms with Crippen LogP contribution in [0.4, 0.5) is 0 Å². The van der Waals surface area contributed by atoms with Crippen LogP contribution < -0.4 is 5.32 Å². The quantitative estimate of drug-likeness (QED) is 0.799. The molecule has 27 heavy (non-hydrogen) atoms. The van der Waals surface area contributed by atoms with Crippen LogP contribution in [0.15, 0.2) is 30.3 Å². The topological polar surface area (TPSA) is 78.9 Å². The van der Waals surface area contributed by atoms with Gasteiger partial charge in [-0.05, 0) is 32.3 Å². The van der Waals surface area contributed by atoms with Crippen molar-refractivity contribution < 1.29 is 19.4 Å². The van der Waals surface area contributed by atoms with Gasteiger partial charge in [-0.3, -0.25) is 9.59 Å². The first-order valence-corrected chi connectivity index (χ1v) is 9.84. The number of carbonyl (C=O) groups excluding carboxylic acids is 2. The number of aliphatic hydroxyl groups excluding tert-OH is 1. The van der Waals surface area contributed by atoms with E-state index in [9.17, 15) is 14.7 Å². The van der Waals surface area contributed by atoms with Gasteiger partial charge in [-0.25, -0.2) is 0 Å². The predicted molar refractivity (Wildman–Crippen MR) is 102 cm³/mol. The van der Waals surface area contributed by atoms with E-state index < -0.39 is 12.1 Å². The molecule has 2 aliphatic rings. The highest BCUT2D eigenvalue weighted by molar-refractivity contribution is 5.86. The minimum Gasteiger partial charge on any atom is -0.396 e. The summed E-state index contributed by atoms with van der Waals surface area (Å²) in [5.41, 5.74) is 0.664. The van der Waals surface area contributed by atoms with Gasteiger partial charge in [-0.1, -0.05) is 43.2 Å². The zero-order valence-corrected chi connectivity index (χ0v) is 16.2. The monoisotopic (exact) mass is 374 g/mol. The summed E-state index contributed by atoms with van der Waals surface area (Å²) < 4.78 is 5.72. The van der Waals surface area contributed by atoms with Crippen molar-refractivity contribution in [2.24, 2.45) is 5.41 Å². The van der Waals surface area contributed by atoms with Crippen LogP contribution in [0.2, 0.25) is 0 Å². The summed E-state index contributed by atoms with van der Waals surface area (Å²) in [6.07, 6.45) is 3.25. The first-order chi connectivity index (χ1) is 13.0. The largest absolute Gasteiger partial charge is 0.396 e. The Morgan fingerprint density at radius 1 is 1.30 bits per heavy atom. The van der Waals surface area contributed by atoms with Crippen molar-refractivity contribution in [1.82, 2.24) is 10.2 Å². The molecular weight excluding hydrogens is 344 g/mol. The predicted octanol–water partition coefficient (Wildman–Crippen LogP) is 2.03. The van der Waals surface area contributed by atoms with Crippen molar-refractivity contribution in [3.63, 3.8) is 0 Å². The number of nitrogens with zero attached hydrogens (tertiary/aromatic N) is 1. The highest BCUT2D eigenvalue weighted by atomic mass is 16.5. The summed E-state index contributed by atoms with van der Waals surface area (Å²) >= 11 is 0. The molecule has 6 heteroatoms. The number of nitrogens with one attached hydrogen (secondary N) is 1. The molecule has 3 rings (SSSR count). The first-order valence-electron chi connectivity index (χ1n) is 9.84. The van der Waals surface area contributed by atoms with E-state index in [0.717, 1.165) is 31.2 Å². The molecule has 1 aromatic rings. The van der Waals surface area contributed by atoms with E-state index in [1.807, 2.05) is 44.2 Å². The minimum absolute atomic E-state index is 0.0412. The summed E-state index contributed by atoms with van der Waals surface area (Å²) in [6, 6.07) is 9.07. The van der Waals surface area contributed by atoms with Gasteiger partial charge in [0, 0.05) is 18.0 Å². The van der Waals surface area contributed by atoms with Crippen LogP contribution >= 0.6 is 0 Å². The van der Waals surface area contributed by atoms with Gasteiger partial charge in [-0.15, -0.1) is 0 Å². The summed E-state index contributed by atoms with van der Waals surface area (Å²) in [6.45, 7) is 4.34. The maximum Gasteiger partial charge on any atom is 0.251 e. The van der Waals surface area contributed by atoms with Crippen molar-refractivity contribution in [3.8, 4) is 0 Å². The van der Waals surface area contributed by atoms with Gasteiger partial charge >= 0.3 is 0 Å². The molecule has 1 saturated carbocycles. The second kappa shape index (κ2) is 8.40. The van der Waals surface area contributed by atoms with Gasteiger partial charge < -0.3 is 20.1 Å². The minimum atomic E-state index is -0.760. The van der Waals surface area contributed by atoms with E-state index in [1.165, 1.54) is 0 Å². The molecule has 148 valence electrons. The number of carbonyl (C=O) groups is 2. The van der Waals surface area contributed by atoms with Gasteiger partial charge in [0.2, 0.25) is 5.91 Å². The van der Waals surface area contributed by atoms with Crippen molar-refractivity contribution in [2.45, 2.75) is 57.7 Å². The second-order valence-electron chi connectivity index (χ2n) is 8.06. The SMILES string of the molecule is CC(C)N1C(=O)CO[C@H](C(=O)NCC2(CO)CCCC2)[C@H]1c1ccccc1. The molecule has 2 atom stereocenters. The summed E-state index contributed by atoms with van der Waals surface area (Å²) in [5.74, 6) is -0.327. The molecule has 6 nitrogen and oxygen atoms in total. The number of hydrogen-bond acceptors (Lipinski definition) is 4. The summed E-state index contributed by atoms with van der Waals surface area (Å²) in [7, 11) is 0. The van der Waals surface area contributed by atoms with E-state index in [4.69, 9.17) is 4.74 Å². The number of hydrogen-bond donors (Lipinski definition) is 2. The molecule has 0 spiro atoms. The number of aliphatic hydroxyl groups is 1. The Balaban J connectivity index is 1.80. The molecule has 1 saturated heterocycles. The zero-order valence-electron chi connectivity index (χ0n) is 16.2. The third kappa shape index (κ3) is 4.17. The fraction of sp³-hybridized carbons (Fsp3) is 0.619. The molecule has 0 aromatic heterocycles. The van der Waals surface area contributed by atoms with E-state index in [-0.39, 0.29) is 36.5 Å². The van der Waals surface area contributed by atoms with Crippen molar-refractivity contribution >= 4 is 11.8 Å². The Kier molecular flexibility index (Phi) is 6.17. The molecule has 0 unspecified atom stereocenters. The van der Waals surface area contributed by atoms with Crippen LogP contribution in [0.3, 0.4) is 0 Å². The molecule has 2 fully saturated rings. The van der Waals surface area contributed by atoms with Gasteiger partial charge in [-0.2, -0.15) is 0 Å². The van der Waals surface area contributed by atoms with Crippen LogP contribution in [0, 0.1) is 5.41 Å².